The van der Waals surface area contributed by atoms with E-state index >= 15 is 0 Å². The second-order valence-electron chi connectivity index (χ2n) is 2.11. The van der Waals surface area contributed by atoms with E-state index in [1.54, 1.807) is 0 Å². The van der Waals surface area contributed by atoms with Gasteiger partial charge in [-0.3, -0.25) is 4.79 Å². The van der Waals surface area contributed by atoms with Crippen LogP contribution in [0.3, 0.4) is 0 Å². The molecule has 0 N–H and O–H groups in total. The van der Waals surface area contributed by atoms with Crippen LogP contribution in [0.2, 0.25) is 5.02 Å². The summed E-state index contributed by atoms with van der Waals surface area (Å²) in [5, 5.41) is -0.188. The summed E-state index contributed by atoms with van der Waals surface area (Å²) in [5.74, 6) is -1.87. The van der Waals surface area contributed by atoms with E-state index < -0.39 is 11.7 Å². The average Bonchev–Trinajstić information content (AvgIpc) is 2.10. The molecule has 66 valence electrons. The lowest BCUT2D eigenvalue weighted by atomic mass is 10.2. The molecular formula is C8H3ClFNO2. The Morgan fingerprint density at radius 2 is 2.23 bits per heavy atom. The minimum atomic E-state index is -0.991. The molecule has 5 heteroatoms. The summed E-state index contributed by atoms with van der Waals surface area (Å²) in [6.07, 6.45) is 1.03. The number of carbonyl (C=O) groups excluding carboxylic acids is 2. The number of nitrogens with zero attached hydrogens (tertiary/aromatic N) is 1. The van der Waals surface area contributed by atoms with E-state index in [0.29, 0.717) is 0 Å². The quantitative estimate of drug-likeness (QED) is 0.513. The van der Waals surface area contributed by atoms with Crippen LogP contribution in [-0.2, 0) is 4.79 Å². The fourth-order valence-corrected chi connectivity index (χ4v) is 0.945. The Morgan fingerprint density at radius 1 is 1.54 bits per heavy atom. The van der Waals surface area contributed by atoms with Crippen molar-refractivity contribution in [2.75, 3.05) is 0 Å². The smallest absolute Gasteiger partial charge is 0.266 e. The third kappa shape index (κ3) is 1.99. The molecule has 1 rings (SSSR count). The van der Waals surface area contributed by atoms with Gasteiger partial charge in [-0.25, -0.2) is 9.18 Å². The molecule has 13 heavy (non-hydrogen) atoms. The van der Waals surface area contributed by atoms with Crippen LogP contribution in [0.4, 0.5) is 4.39 Å². The molecule has 0 spiro atoms. The third-order valence-corrected chi connectivity index (χ3v) is 1.62. The van der Waals surface area contributed by atoms with Gasteiger partial charge in [-0.2, -0.15) is 0 Å². The maximum Gasteiger partial charge on any atom is 0.290 e. The number of rotatable bonds is 1. The van der Waals surface area contributed by atoms with Crippen LogP contribution in [0.25, 0.3) is 0 Å². The van der Waals surface area contributed by atoms with Gasteiger partial charge in [0.25, 0.3) is 5.91 Å². The monoisotopic (exact) mass is 199 g/mol. The van der Waals surface area contributed by atoms with E-state index in [4.69, 9.17) is 11.6 Å². The summed E-state index contributed by atoms with van der Waals surface area (Å²) in [4.78, 5) is 23.4. The fraction of sp³-hybridized carbons (Fsp3) is 0. The van der Waals surface area contributed by atoms with Crippen molar-refractivity contribution < 1.29 is 14.0 Å². The second kappa shape index (κ2) is 3.94. The predicted octanol–water partition coefficient (Wildman–Crippen LogP) is 1.96. The summed E-state index contributed by atoms with van der Waals surface area (Å²) >= 11 is 5.39. The number of aliphatic imine (C=N–C) groups is 1. The molecule has 0 fully saturated rings. The molecule has 0 bridgehead atoms. The van der Waals surface area contributed by atoms with Crippen LogP contribution in [-0.4, -0.2) is 12.0 Å². The van der Waals surface area contributed by atoms with E-state index in [9.17, 15) is 14.0 Å². The number of benzene rings is 1. The lowest BCUT2D eigenvalue weighted by Crippen LogP contribution is -1.98. The Balaban J connectivity index is 3.22. The normalized spacial score (nSPS) is 9.08. The van der Waals surface area contributed by atoms with Gasteiger partial charge in [-0.15, -0.1) is 4.99 Å². The highest BCUT2D eigenvalue weighted by atomic mass is 35.5. The van der Waals surface area contributed by atoms with Crippen molar-refractivity contribution in [3.8, 4) is 0 Å². The highest BCUT2D eigenvalue weighted by molar-refractivity contribution is 6.31. The Labute approximate surface area is 77.8 Å². The maximum absolute atomic E-state index is 13.0. The average molecular weight is 200 g/mol. The van der Waals surface area contributed by atoms with Crippen molar-refractivity contribution in [1.82, 2.24) is 0 Å². The molecule has 1 amide bonds. The first kappa shape index (κ1) is 9.58. The molecule has 0 aliphatic heterocycles. The minimum absolute atomic E-state index is 0.188. The van der Waals surface area contributed by atoms with E-state index in [1.807, 2.05) is 0 Å². The topological polar surface area (TPSA) is 46.5 Å². The zero-order chi connectivity index (χ0) is 9.84. The molecule has 0 saturated heterocycles. The van der Waals surface area contributed by atoms with E-state index in [1.165, 1.54) is 18.2 Å². The van der Waals surface area contributed by atoms with Crippen LogP contribution in [0, 0.1) is 5.82 Å². The van der Waals surface area contributed by atoms with Crippen molar-refractivity contribution in [1.29, 1.82) is 0 Å². The molecule has 0 heterocycles. The van der Waals surface area contributed by atoms with Crippen molar-refractivity contribution in [2.45, 2.75) is 0 Å². The summed E-state index contributed by atoms with van der Waals surface area (Å²) in [6.45, 7) is 0. The van der Waals surface area contributed by atoms with Gasteiger partial charge >= 0.3 is 0 Å². The first-order valence-corrected chi connectivity index (χ1v) is 3.61. The number of isocyanates is 1. The molecular weight excluding hydrogens is 197 g/mol. The van der Waals surface area contributed by atoms with Gasteiger partial charge in [0.2, 0.25) is 6.08 Å². The number of hydrogen-bond acceptors (Lipinski definition) is 2. The number of carbonyl (C=O) groups is 1. The first-order valence-electron chi connectivity index (χ1n) is 3.23. The predicted molar refractivity (Wildman–Crippen MR) is 43.9 cm³/mol. The van der Waals surface area contributed by atoms with E-state index in [-0.39, 0.29) is 10.6 Å². The number of hydrogen-bond donors (Lipinski definition) is 0. The van der Waals surface area contributed by atoms with Gasteiger partial charge in [0.1, 0.15) is 0 Å². The van der Waals surface area contributed by atoms with Crippen molar-refractivity contribution in [3.05, 3.63) is 34.6 Å². The SMILES string of the molecule is O=C=NC(=O)c1cccc(Cl)c1F. The highest BCUT2D eigenvalue weighted by Crippen LogP contribution is 2.18. The molecule has 1 aromatic carbocycles. The Morgan fingerprint density at radius 3 is 2.85 bits per heavy atom. The molecule has 0 unspecified atom stereocenters. The summed E-state index contributed by atoms with van der Waals surface area (Å²) < 4.78 is 13.0. The lowest BCUT2D eigenvalue weighted by Gasteiger charge is -1.97. The zero-order valence-electron chi connectivity index (χ0n) is 6.25. The number of halogens is 2. The second-order valence-corrected chi connectivity index (χ2v) is 2.52. The van der Waals surface area contributed by atoms with E-state index in [0.717, 1.165) is 6.08 Å². The third-order valence-electron chi connectivity index (χ3n) is 1.33. The van der Waals surface area contributed by atoms with Gasteiger partial charge < -0.3 is 0 Å². The molecule has 0 aliphatic carbocycles. The Hall–Kier alpha value is -1.51. The molecule has 0 radical (unpaired) electrons. The fourth-order valence-electron chi connectivity index (χ4n) is 0.771. The van der Waals surface area contributed by atoms with Crippen molar-refractivity contribution in [2.24, 2.45) is 4.99 Å². The molecule has 0 atom stereocenters. The van der Waals surface area contributed by atoms with Crippen molar-refractivity contribution in [3.63, 3.8) is 0 Å². The standard InChI is InChI=1S/C8H3ClFNO2/c9-6-3-1-2-5(7(6)10)8(13)11-4-12/h1-3H. The summed E-state index contributed by atoms with van der Waals surface area (Å²) in [5.41, 5.74) is -0.337. The molecule has 0 aliphatic rings. The summed E-state index contributed by atoms with van der Waals surface area (Å²) in [6, 6.07) is 3.86. The molecule has 3 nitrogen and oxygen atoms in total. The van der Waals surface area contributed by atoms with E-state index in [2.05, 4.69) is 4.99 Å². The molecule has 0 saturated carbocycles. The Kier molecular flexibility index (Phi) is 2.90. The van der Waals surface area contributed by atoms with Gasteiger partial charge in [0.15, 0.2) is 5.82 Å². The zero-order valence-corrected chi connectivity index (χ0v) is 7.01. The largest absolute Gasteiger partial charge is 0.290 e. The van der Waals surface area contributed by atoms with Gasteiger partial charge in [-0.05, 0) is 12.1 Å². The van der Waals surface area contributed by atoms with Crippen molar-refractivity contribution >= 4 is 23.6 Å². The minimum Gasteiger partial charge on any atom is -0.266 e. The van der Waals surface area contributed by atoms with Crippen LogP contribution in [0.1, 0.15) is 10.4 Å². The van der Waals surface area contributed by atoms with Crippen LogP contribution >= 0.6 is 11.6 Å². The molecule has 1 aromatic rings. The first-order chi connectivity index (χ1) is 6.16. The van der Waals surface area contributed by atoms with Gasteiger partial charge in [0, 0.05) is 0 Å². The summed E-state index contributed by atoms with van der Waals surface area (Å²) in [7, 11) is 0. The lowest BCUT2D eigenvalue weighted by molar-refractivity contribution is 0.0999. The van der Waals surface area contributed by atoms with Crippen LogP contribution in [0.15, 0.2) is 23.2 Å². The van der Waals surface area contributed by atoms with Crippen LogP contribution < -0.4 is 0 Å². The maximum atomic E-state index is 13.0. The number of amides is 1. The van der Waals surface area contributed by atoms with Gasteiger partial charge in [-0.1, -0.05) is 17.7 Å². The Bertz CT molecular complexity index is 399. The van der Waals surface area contributed by atoms with Gasteiger partial charge in [0.05, 0.1) is 10.6 Å². The molecule has 0 aromatic heterocycles. The highest BCUT2D eigenvalue weighted by Gasteiger charge is 2.12. The van der Waals surface area contributed by atoms with Crippen LogP contribution in [0.5, 0.6) is 0 Å².